The topological polar surface area (TPSA) is 75.7 Å². The van der Waals surface area contributed by atoms with Crippen LogP contribution in [0.15, 0.2) is 0 Å². The van der Waals surface area contributed by atoms with Gasteiger partial charge < -0.3 is 15.0 Å². The van der Waals surface area contributed by atoms with E-state index in [9.17, 15) is 14.4 Å². The van der Waals surface area contributed by atoms with Crippen LogP contribution in [0.3, 0.4) is 0 Å². The molecule has 2 aliphatic heterocycles. The summed E-state index contributed by atoms with van der Waals surface area (Å²) in [6.07, 6.45) is 8.48. The summed E-state index contributed by atoms with van der Waals surface area (Å²) >= 11 is 1.64. The van der Waals surface area contributed by atoms with Gasteiger partial charge in [-0.15, -0.1) is 11.8 Å². The molecule has 4 aliphatic carbocycles. The standard InChI is InChI=1S/C20H28N2O4S/c1-19-3-2-17(24)22(19)15(11-27-19)18(25)26-10-16(23)21-20-7-12-4-13(8-20)6-14(5-12)9-20/h12-15H,2-11H2,1H3,(H,21,23)/t12?,13?,14?,15-,19+,20?/m1/s1. The fraction of sp³-hybridized carbons (Fsp3) is 0.850. The van der Waals surface area contributed by atoms with Gasteiger partial charge in [-0.25, -0.2) is 4.79 Å². The quantitative estimate of drug-likeness (QED) is 0.742. The lowest BCUT2D eigenvalue weighted by Crippen LogP contribution is -2.60. The molecule has 4 bridgehead atoms. The van der Waals surface area contributed by atoms with Crippen molar-refractivity contribution in [1.29, 1.82) is 0 Å². The molecule has 0 aromatic carbocycles. The molecule has 6 aliphatic rings. The molecule has 6 rings (SSSR count). The van der Waals surface area contributed by atoms with Crippen LogP contribution >= 0.6 is 11.8 Å². The number of amides is 2. The van der Waals surface area contributed by atoms with Crippen LogP contribution in [0, 0.1) is 17.8 Å². The molecule has 1 N–H and O–H groups in total. The highest BCUT2D eigenvalue weighted by Gasteiger charge is 2.54. The van der Waals surface area contributed by atoms with Crippen LogP contribution in [-0.2, 0) is 19.1 Å². The van der Waals surface area contributed by atoms with Crippen LogP contribution in [0.2, 0.25) is 0 Å². The first-order valence-corrected chi connectivity index (χ1v) is 11.3. The third-order valence-electron chi connectivity index (χ3n) is 7.51. The molecule has 0 aromatic heterocycles. The van der Waals surface area contributed by atoms with Crippen LogP contribution in [0.1, 0.15) is 58.3 Å². The highest BCUT2D eigenvalue weighted by molar-refractivity contribution is 8.01. The third-order valence-corrected chi connectivity index (χ3v) is 9.01. The Hall–Kier alpha value is -1.24. The van der Waals surface area contributed by atoms with E-state index in [4.69, 9.17) is 4.74 Å². The molecule has 148 valence electrons. The van der Waals surface area contributed by atoms with Gasteiger partial charge in [-0.05, 0) is 69.6 Å². The van der Waals surface area contributed by atoms with Crippen molar-refractivity contribution in [3.05, 3.63) is 0 Å². The monoisotopic (exact) mass is 392 g/mol. The number of fused-ring (bicyclic) bond motifs is 1. The van der Waals surface area contributed by atoms with E-state index in [2.05, 4.69) is 5.32 Å². The minimum Gasteiger partial charge on any atom is -0.454 e. The first-order chi connectivity index (χ1) is 12.9. The summed E-state index contributed by atoms with van der Waals surface area (Å²) in [6, 6.07) is -0.553. The SMILES string of the molecule is C[C@]12CCC(=O)N1[C@@H](C(=O)OCC(=O)NC13CC4CC(CC(C4)C1)C3)CS2. The number of nitrogens with one attached hydrogen (secondary N) is 1. The van der Waals surface area contributed by atoms with Gasteiger partial charge in [0.15, 0.2) is 6.61 Å². The van der Waals surface area contributed by atoms with Gasteiger partial charge >= 0.3 is 5.97 Å². The second-order valence-electron chi connectivity index (χ2n) is 9.62. The Bertz CT molecular complexity index is 660. The average Bonchev–Trinajstić information content (AvgIpc) is 3.07. The van der Waals surface area contributed by atoms with E-state index in [1.54, 1.807) is 16.7 Å². The molecule has 4 saturated carbocycles. The van der Waals surface area contributed by atoms with Gasteiger partial charge in [-0.1, -0.05) is 0 Å². The summed E-state index contributed by atoms with van der Waals surface area (Å²) in [5, 5.41) is 3.23. The molecular formula is C20H28N2O4S. The van der Waals surface area contributed by atoms with E-state index in [0.717, 1.165) is 43.4 Å². The predicted octanol–water partition coefficient (Wildman–Crippen LogP) is 2.07. The number of hydrogen-bond acceptors (Lipinski definition) is 5. The van der Waals surface area contributed by atoms with Crippen molar-refractivity contribution in [3.63, 3.8) is 0 Å². The van der Waals surface area contributed by atoms with E-state index in [1.807, 2.05) is 6.92 Å². The van der Waals surface area contributed by atoms with Gasteiger partial charge in [-0.3, -0.25) is 9.59 Å². The molecule has 6 fully saturated rings. The van der Waals surface area contributed by atoms with Crippen molar-refractivity contribution in [3.8, 4) is 0 Å². The Kier molecular flexibility index (Phi) is 4.05. The molecule has 2 amide bonds. The van der Waals surface area contributed by atoms with Crippen molar-refractivity contribution in [2.45, 2.75) is 74.7 Å². The Morgan fingerprint density at radius 3 is 2.44 bits per heavy atom. The number of carbonyl (C=O) groups excluding carboxylic acids is 3. The minimum atomic E-state index is -0.553. The van der Waals surface area contributed by atoms with Crippen LogP contribution < -0.4 is 5.32 Å². The summed E-state index contributed by atoms with van der Waals surface area (Å²) in [4.78, 5) is 38.6. The van der Waals surface area contributed by atoms with Gasteiger partial charge in [-0.2, -0.15) is 0 Å². The molecule has 7 heteroatoms. The largest absolute Gasteiger partial charge is 0.454 e. The molecular weight excluding hydrogens is 364 g/mol. The molecule has 2 atom stereocenters. The number of rotatable bonds is 4. The van der Waals surface area contributed by atoms with E-state index in [0.29, 0.717) is 12.2 Å². The average molecular weight is 393 g/mol. The number of hydrogen-bond donors (Lipinski definition) is 1. The fourth-order valence-electron chi connectivity index (χ4n) is 6.82. The normalized spacial score (nSPS) is 44.5. The van der Waals surface area contributed by atoms with Crippen LogP contribution in [0.25, 0.3) is 0 Å². The molecule has 0 spiro atoms. The molecule has 0 radical (unpaired) electrons. The highest BCUT2D eigenvalue weighted by Crippen LogP contribution is 2.55. The molecule has 6 nitrogen and oxygen atoms in total. The third kappa shape index (κ3) is 2.97. The fourth-order valence-corrected chi connectivity index (χ4v) is 8.24. The summed E-state index contributed by atoms with van der Waals surface area (Å²) in [7, 11) is 0. The summed E-state index contributed by atoms with van der Waals surface area (Å²) in [6.45, 7) is 1.77. The van der Waals surface area contributed by atoms with Gasteiger partial charge in [0.1, 0.15) is 6.04 Å². The number of esters is 1. The zero-order valence-electron chi connectivity index (χ0n) is 15.9. The van der Waals surface area contributed by atoms with Crippen LogP contribution in [0.4, 0.5) is 0 Å². The lowest BCUT2D eigenvalue weighted by atomic mass is 9.53. The number of ether oxygens (including phenoxy) is 1. The van der Waals surface area contributed by atoms with Crippen molar-refractivity contribution in [2.75, 3.05) is 12.4 Å². The number of thioether (sulfide) groups is 1. The molecule has 2 saturated heterocycles. The van der Waals surface area contributed by atoms with E-state index >= 15 is 0 Å². The van der Waals surface area contributed by atoms with Crippen molar-refractivity contribution < 1.29 is 19.1 Å². The Morgan fingerprint density at radius 2 is 1.81 bits per heavy atom. The zero-order chi connectivity index (χ0) is 18.8. The maximum atomic E-state index is 12.5. The Labute approximate surface area is 164 Å². The second kappa shape index (κ2) is 6.13. The smallest absolute Gasteiger partial charge is 0.330 e. The Balaban J connectivity index is 1.17. The number of carbonyl (C=O) groups is 3. The van der Waals surface area contributed by atoms with Gasteiger partial charge in [0.2, 0.25) is 5.91 Å². The summed E-state index contributed by atoms with van der Waals surface area (Å²) in [5.74, 6) is 2.21. The van der Waals surface area contributed by atoms with Crippen molar-refractivity contribution in [1.82, 2.24) is 10.2 Å². The number of nitrogens with zero attached hydrogens (tertiary/aromatic N) is 1. The Morgan fingerprint density at radius 1 is 1.19 bits per heavy atom. The lowest BCUT2D eigenvalue weighted by molar-refractivity contribution is -0.157. The lowest BCUT2D eigenvalue weighted by Gasteiger charge is -2.56. The summed E-state index contributed by atoms with van der Waals surface area (Å²) in [5.41, 5.74) is -0.0645. The van der Waals surface area contributed by atoms with Gasteiger partial charge in [0.05, 0.1) is 4.87 Å². The van der Waals surface area contributed by atoms with Crippen molar-refractivity contribution >= 4 is 29.5 Å². The van der Waals surface area contributed by atoms with Crippen molar-refractivity contribution in [2.24, 2.45) is 17.8 Å². The highest BCUT2D eigenvalue weighted by atomic mass is 32.2. The summed E-state index contributed by atoms with van der Waals surface area (Å²) < 4.78 is 5.35. The van der Waals surface area contributed by atoms with E-state index < -0.39 is 12.0 Å². The van der Waals surface area contributed by atoms with E-state index in [-0.39, 0.29) is 28.8 Å². The van der Waals surface area contributed by atoms with Crippen LogP contribution in [-0.4, -0.2) is 51.5 Å². The predicted molar refractivity (Wildman–Crippen MR) is 101 cm³/mol. The molecule has 0 unspecified atom stereocenters. The first-order valence-electron chi connectivity index (χ1n) is 10.3. The van der Waals surface area contributed by atoms with Crippen LogP contribution in [0.5, 0.6) is 0 Å². The van der Waals surface area contributed by atoms with Gasteiger partial charge in [0.25, 0.3) is 5.91 Å². The molecule has 27 heavy (non-hydrogen) atoms. The maximum Gasteiger partial charge on any atom is 0.330 e. The van der Waals surface area contributed by atoms with Gasteiger partial charge in [0, 0.05) is 17.7 Å². The maximum absolute atomic E-state index is 12.5. The molecule has 0 aromatic rings. The van der Waals surface area contributed by atoms with E-state index in [1.165, 1.54) is 19.3 Å². The second-order valence-corrected chi connectivity index (χ2v) is 11.1. The zero-order valence-corrected chi connectivity index (χ0v) is 16.7. The first kappa shape index (κ1) is 17.8. The molecule has 2 heterocycles. The minimum absolute atomic E-state index is 0.0162.